The monoisotopic (exact) mass is 114 g/mol. The third-order valence-electron chi connectivity index (χ3n) is 1.73. The lowest BCUT2D eigenvalue weighted by Gasteiger charge is -2.18. The molecular weight excluding hydrogens is 99.0 g/mol. The minimum Gasteiger partial charge on any atom is -0.106 e. The van der Waals surface area contributed by atoms with Crippen LogP contribution in [-0.2, 0) is 0 Å². The van der Waals surface area contributed by atoms with Crippen molar-refractivity contribution >= 4 is 14.1 Å². The Bertz CT molecular complexity index is 49.7. The highest BCUT2D eigenvalue weighted by molar-refractivity contribution is 6.59. The summed E-state index contributed by atoms with van der Waals surface area (Å²) < 4.78 is 0.639. The summed E-state index contributed by atoms with van der Waals surface area (Å²) in [5.41, 5.74) is 0. The van der Waals surface area contributed by atoms with Gasteiger partial charge in [0.15, 0.2) is 0 Å². The molecule has 0 aromatic carbocycles. The standard InChI is InChI=1S/C4H9.2CH3.Al/c1-4(2)3;;;/h1-3H3;2*1H3;. The van der Waals surface area contributed by atoms with E-state index in [9.17, 15) is 0 Å². The Morgan fingerprint density at radius 2 is 1.14 bits per heavy atom. The summed E-state index contributed by atoms with van der Waals surface area (Å²) >= 11 is -0.359. The predicted molar refractivity (Wildman–Crippen MR) is 37.2 cm³/mol. The van der Waals surface area contributed by atoms with Crippen LogP contribution in [0.3, 0.4) is 0 Å². The third-order valence-corrected chi connectivity index (χ3v) is 5.20. The molecule has 0 aliphatic rings. The van der Waals surface area contributed by atoms with Gasteiger partial charge < -0.3 is 0 Å². The molecule has 0 rings (SSSR count). The van der Waals surface area contributed by atoms with Crippen LogP contribution >= 0.6 is 0 Å². The molecule has 42 valence electrons. The van der Waals surface area contributed by atoms with Crippen LogP contribution in [0.4, 0.5) is 0 Å². The third kappa shape index (κ3) is 3.14. The SMILES string of the molecule is [CH3][Al]([CH3])[C](C)(C)C. The molecule has 0 saturated heterocycles. The van der Waals surface area contributed by atoms with Crippen LogP contribution in [0, 0.1) is 0 Å². The van der Waals surface area contributed by atoms with Crippen molar-refractivity contribution in [1.29, 1.82) is 0 Å². The lowest BCUT2D eigenvalue weighted by molar-refractivity contribution is 0.742. The Kier molecular flexibility index (Phi) is 2.37. The Morgan fingerprint density at radius 3 is 1.14 bits per heavy atom. The summed E-state index contributed by atoms with van der Waals surface area (Å²) in [5, 5.41) is 0. The second kappa shape index (κ2) is 2.20. The van der Waals surface area contributed by atoms with Gasteiger partial charge in [-0.3, -0.25) is 0 Å². The van der Waals surface area contributed by atoms with Crippen molar-refractivity contribution in [2.24, 2.45) is 0 Å². The summed E-state index contributed by atoms with van der Waals surface area (Å²) in [7, 11) is 0. The first-order chi connectivity index (χ1) is 2.94. The predicted octanol–water partition coefficient (Wildman–Crippen LogP) is 2.54. The molecule has 0 aliphatic carbocycles. The highest BCUT2D eigenvalue weighted by Crippen LogP contribution is 2.25. The zero-order valence-corrected chi connectivity index (χ0v) is 7.23. The van der Waals surface area contributed by atoms with Crippen LogP contribution in [0.2, 0.25) is 15.8 Å². The van der Waals surface area contributed by atoms with E-state index in [-0.39, 0.29) is 14.1 Å². The lowest BCUT2D eigenvalue weighted by atomic mass is 10.2. The van der Waals surface area contributed by atoms with Crippen LogP contribution in [0.15, 0.2) is 0 Å². The van der Waals surface area contributed by atoms with Crippen LogP contribution < -0.4 is 0 Å². The van der Waals surface area contributed by atoms with E-state index in [1.54, 1.807) is 0 Å². The summed E-state index contributed by atoms with van der Waals surface area (Å²) in [6.07, 6.45) is 0. The van der Waals surface area contributed by atoms with E-state index in [1.165, 1.54) is 0 Å². The minimum atomic E-state index is -0.359. The molecule has 1 heteroatoms. The van der Waals surface area contributed by atoms with Crippen LogP contribution in [0.1, 0.15) is 20.8 Å². The fourth-order valence-electron chi connectivity index (χ4n) is 0. The Morgan fingerprint density at radius 1 is 1.00 bits per heavy atom. The maximum atomic E-state index is 2.39. The van der Waals surface area contributed by atoms with Gasteiger partial charge in [-0.1, -0.05) is 25.0 Å². The fraction of sp³-hybridized carbons (Fsp3) is 1.00. The van der Waals surface area contributed by atoms with E-state index in [1.807, 2.05) is 0 Å². The van der Waals surface area contributed by atoms with Gasteiger partial charge in [-0.15, -0.1) is 11.6 Å². The van der Waals surface area contributed by atoms with Crippen molar-refractivity contribution in [2.75, 3.05) is 0 Å². The highest BCUT2D eigenvalue weighted by Gasteiger charge is 2.19. The second-order valence-corrected chi connectivity index (χ2v) is 7.56. The Hall–Kier alpha value is 0.532. The molecule has 0 spiro atoms. The van der Waals surface area contributed by atoms with Crippen molar-refractivity contribution in [3.05, 3.63) is 0 Å². The maximum Gasteiger partial charge on any atom is 0.261 e. The van der Waals surface area contributed by atoms with E-state index in [2.05, 4.69) is 32.3 Å². The molecule has 0 radical (unpaired) electrons. The van der Waals surface area contributed by atoms with Crippen molar-refractivity contribution in [3.8, 4) is 0 Å². The fourth-order valence-corrected chi connectivity index (χ4v) is 0. The van der Waals surface area contributed by atoms with E-state index in [0.29, 0.717) is 4.28 Å². The van der Waals surface area contributed by atoms with Crippen LogP contribution in [-0.4, -0.2) is 14.1 Å². The first-order valence-electron chi connectivity index (χ1n) is 2.94. The molecule has 0 saturated carbocycles. The van der Waals surface area contributed by atoms with Gasteiger partial charge in [0.1, 0.15) is 0 Å². The lowest BCUT2D eigenvalue weighted by Crippen LogP contribution is -2.16. The first kappa shape index (κ1) is 7.53. The summed E-state index contributed by atoms with van der Waals surface area (Å²) in [4.78, 5) is 0. The number of rotatable bonds is 0. The van der Waals surface area contributed by atoms with Gasteiger partial charge in [-0.2, -0.15) is 0 Å². The van der Waals surface area contributed by atoms with Gasteiger partial charge in [0, 0.05) is 0 Å². The minimum absolute atomic E-state index is 0.359. The van der Waals surface area contributed by atoms with Gasteiger partial charge in [-0.25, -0.2) is 0 Å². The molecule has 0 heterocycles. The molecule has 7 heavy (non-hydrogen) atoms. The van der Waals surface area contributed by atoms with Gasteiger partial charge in [-0.05, 0) is 0 Å². The van der Waals surface area contributed by atoms with Gasteiger partial charge in [0.25, 0.3) is 14.1 Å². The van der Waals surface area contributed by atoms with E-state index in [4.69, 9.17) is 0 Å². The number of hydrogen-bond donors (Lipinski definition) is 0. The average Bonchev–Trinajstić information content (AvgIpc) is 1.31. The molecule has 0 N–H and O–H groups in total. The zero-order chi connectivity index (χ0) is 6.08. The Labute approximate surface area is 51.3 Å². The van der Waals surface area contributed by atoms with E-state index < -0.39 is 0 Å². The van der Waals surface area contributed by atoms with E-state index in [0.717, 1.165) is 0 Å². The molecule has 0 nitrogen and oxygen atoms in total. The van der Waals surface area contributed by atoms with Crippen molar-refractivity contribution in [1.82, 2.24) is 0 Å². The molecule has 0 aromatic heterocycles. The molecule has 0 atom stereocenters. The normalized spacial score (nSPS) is 11.6. The molecule has 0 aromatic rings. The molecule has 0 amide bonds. The molecule has 0 unspecified atom stereocenters. The molecule has 0 aliphatic heterocycles. The largest absolute Gasteiger partial charge is 0.261 e. The molecular formula is C6H15Al. The van der Waals surface area contributed by atoms with Gasteiger partial charge >= 0.3 is 0 Å². The molecule has 0 fully saturated rings. The number of hydrogen-bond acceptors (Lipinski definition) is 0. The Balaban J connectivity index is 3.54. The first-order valence-corrected chi connectivity index (χ1v) is 5.83. The molecule has 0 bridgehead atoms. The zero-order valence-electron chi connectivity index (χ0n) is 6.08. The second-order valence-electron chi connectivity index (χ2n) is 3.52. The summed E-state index contributed by atoms with van der Waals surface area (Å²) in [5.74, 6) is 4.78. The van der Waals surface area contributed by atoms with Crippen molar-refractivity contribution in [2.45, 2.75) is 36.6 Å². The average molecular weight is 114 g/mol. The smallest absolute Gasteiger partial charge is 0.106 e. The summed E-state index contributed by atoms with van der Waals surface area (Å²) in [6, 6.07) is 0. The maximum absolute atomic E-state index is 2.39. The highest BCUT2D eigenvalue weighted by atomic mass is 27.2. The summed E-state index contributed by atoms with van der Waals surface area (Å²) in [6.45, 7) is 6.97. The van der Waals surface area contributed by atoms with Crippen molar-refractivity contribution in [3.63, 3.8) is 0 Å². The van der Waals surface area contributed by atoms with Crippen molar-refractivity contribution < 1.29 is 0 Å². The van der Waals surface area contributed by atoms with E-state index >= 15 is 0 Å². The van der Waals surface area contributed by atoms with Gasteiger partial charge in [0.2, 0.25) is 0 Å². The van der Waals surface area contributed by atoms with Crippen LogP contribution in [0.5, 0.6) is 0 Å². The van der Waals surface area contributed by atoms with Gasteiger partial charge in [0.05, 0.1) is 0 Å². The van der Waals surface area contributed by atoms with Crippen LogP contribution in [0.25, 0.3) is 0 Å². The topological polar surface area (TPSA) is 0 Å². The quantitative estimate of drug-likeness (QED) is 0.424.